The summed E-state index contributed by atoms with van der Waals surface area (Å²) in [6, 6.07) is 54.9. The summed E-state index contributed by atoms with van der Waals surface area (Å²) in [5, 5.41) is 2.50. The number of hydrogen-bond donors (Lipinski definition) is 0. The van der Waals surface area contributed by atoms with Crippen molar-refractivity contribution in [2.75, 3.05) is 4.90 Å². The normalized spacial score (nSPS) is 21.3. The molecule has 0 radical (unpaired) electrons. The number of fused-ring (bicyclic) bond motifs is 5. The summed E-state index contributed by atoms with van der Waals surface area (Å²) in [4.78, 5) is 2.86. The van der Waals surface area contributed by atoms with E-state index in [-0.39, 0.29) is 0 Å². The minimum atomic E-state index is 0.583. The van der Waals surface area contributed by atoms with Gasteiger partial charge < -0.3 is 14.2 Å². The molecule has 51 heavy (non-hydrogen) atoms. The average molecular weight is 665 g/mol. The zero-order valence-corrected chi connectivity index (χ0v) is 29.1. The Balaban J connectivity index is 0.940. The molecule has 2 heterocycles. The Bertz CT molecular complexity index is 2250. The van der Waals surface area contributed by atoms with Gasteiger partial charge >= 0.3 is 0 Å². The van der Waals surface area contributed by atoms with Crippen LogP contribution in [0.25, 0.3) is 38.6 Å². The van der Waals surface area contributed by atoms with Crippen molar-refractivity contribution in [2.24, 2.45) is 0 Å². The van der Waals surface area contributed by atoms with Crippen LogP contribution in [0.3, 0.4) is 0 Å². The molecule has 252 valence electrons. The Kier molecular flexibility index (Phi) is 7.66. The van der Waals surface area contributed by atoms with Crippen LogP contribution in [0.2, 0.25) is 0 Å². The molecule has 0 saturated heterocycles. The highest BCUT2D eigenvalue weighted by molar-refractivity contribution is 6.12. The van der Waals surface area contributed by atoms with Gasteiger partial charge in [0, 0.05) is 28.5 Å². The van der Waals surface area contributed by atoms with Crippen LogP contribution in [0.4, 0.5) is 5.69 Å². The molecule has 0 atom stereocenters. The minimum absolute atomic E-state index is 0.583. The highest BCUT2D eigenvalue weighted by Gasteiger charge is 2.34. The van der Waals surface area contributed by atoms with Gasteiger partial charge in [-0.3, -0.25) is 0 Å². The molecule has 3 nitrogen and oxygen atoms in total. The molecule has 0 unspecified atom stereocenters. The van der Waals surface area contributed by atoms with Crippen LogP contribution in [0.15, 0.2) is 146 Å². The second-order valence-corrected chi connectivity index (χ2v) is 15.1. The van der Waals surface area contributed by atoms with E-state index in [9.17, 15) is 0 Å². The third-order valence-electron chi connectivity index (χ3n) is 12.3. The van der Waals surface area contributed by atoms with Gasteiger partial charge in [-0.1, -0.05) is 109 Å². The van der Waals surface area contributed by atoms with Crippen LogP contribution in [0, 0.1) is 0 Å². The number of nitrogens with zero attached hydrogens (tertiary/aromatic N) is 2. The average Bonchev–Trinajstić information content (AvgIpc) is 3.55. The molecule has 0 bridgehead atoms. The quantitative estimate of drug-likeness (QED) is 0.176. The number of aromatic nitrogens is 1. The Morgan fingerprint density at radius 1 is 0.471 bits per heavy atom. The first-order valence-corrected chi connectivity index (χ1v) is 19.1. The Labute approximate surface area is 301 Å². The molecule has 1 aromatic heterocycles. The second-order valence-electron chi connectivity index (χ2n) is 15.1. The van der Waals surface area contributed by atoms with Gasteiger partial charge in [0.2, 0.25) is 0 Å². The summed E-state index contributed by atoms with van der Waals surface area (Å²) in [6.45, 7) is 0. The fourth-order valence-corrected chi connectivity index (χ4v) is 9.77. The monoisotopic (exact) mass is 664 g/mol. The summed E-state index contributed by atoms with van der Waals surface area (Å²) in [5.41, 5.74) is 10.3. The van der Waals surface area contributed by atoms with Crippen molar-refractivity contribution in [2.45, 2.75) is 75.3 Å². The third-order valence-corrected chi connectivity index (χ3v) is 12.3. The van der Waals surface area contributed by atoms with Gasteiger partial charge in [0.1, 0.15) is 0 Å². The van der Waals surface area contributed by atoms with E-state index >= 15 is 0 Å². The van der Waals surface area contributed by atoms with Crippen LogP contribution in [0.5, 0.6) is 11.5 Å². The van der Waals surface area contributed by atoms with E-state index in [4.69, 9.17) is 4.74 Å². The molecule has 1 aliphatic heterocycles. The number of rotatable bonds is 6. The Morgan fingerprint density at radius 3 is 1.69 bits per heavy atom. The lowest BCUT2D eigenvalue weighted by Crippen LogP contribution is -2.46. The Morgan fingerprint density at radius 2 is 1.04 bits per heavy atom. The number of hydrogen-bond acceptors (Lipinski definition) is 2. The van der Waals surface area contributed by atoms with Gasteiger partial charge in [-0.25, -0.2) is 0 Å². The topological polar surface area (TPSA) is 17.4 Å². The zero-order chi connectivity index (χ0) is 33.7. The minimum Gasteiger partial charge on any atom is -0.453 e. The molecule has 10 rings (SSSR count). The number of ether oxygens (including phenoxy) is 1. The first-order valence-electron chi connectivity index (χ1n) is 19.1. The molecule has 2 fully saturated rings. The lowest BCUT2D eigenvalue weighted by Gasteiger charge is -2.45. The van der Waals surface area contributed by atoms with Crippen molar-refractivity contribution < 1.29 is 4.74 Å². The third kappa shape index (κ3) is 5.42. The first-order chi connectivity index (χ1) is 25.3. The molecule has 6 aromatic carbocycles. The van der Waals surface area contributed by atoms with Crippen molar-refractivity contribution in [3.63, 3.8) is 0 Å². The molecular formula is C48H44N2O. The van der Waals surface area contributed by atoms with E-state index < -0.39 is 0 Å². The predicted octanol–water partition coefficient (Wildman–Crippen LogP) is 12.8. The van der Waals surface area contributed by atoms with Crippen molar-refractivity contribution in [3.05, 3.63) is 157 Å². The summed E-state index contributed by atoms with van der Waals surface area (Å²) in [5.74, 6) is 3.19. The number of benzene rings is 6. The van der Waals surface area contributed by atoms with Gasteiger partial charge in [-0.05, 0) is 122 Å². The molecule has 0 spiro atoms. The first kappa shape index (κ1) is 30.5. The van der Waals surface area contributed by atoms with Crippen LogP contribution >= 0.6 is 0 Å². The lowest BCUT2D eigenvalue weighted by molar-refractivity contribution is 0.310. The van der Waals surface area contributed by atoms with Crippen molar-refractivity contribution in [1.82, 2.24) is 4.57 Å². The molecule has 2 saturated carbocycles. The van der Waals surface area contributed by atoms with Gasteiger partial charge in [0.25, 0.3) is 0 Å². The fourth-order valence-electron chi connectivity index (χ4n) is 9.77. The van der Waals surface area contributed by atoms with Gasteiger partial charge in [0.05, 0.1) is 16.7 Å². The zero-order valence-electron chi connectivity index (χ0n) is 29.1. The molecule has 0 N–H and O–H groups in total. The highest BCUT2D eigenvalue weighted by Crippen LogP contribution is 2.47. The maximum atomic E-state index is 6.61. The molecule has 7 aromatic rings. The Hall–Kier alpha value is -5.28. The second kappa shape index (κ2) is 12.8. The van der Waals surface area contributed by atoms with Crippen LogP contribution in [0.1, 0.15) is 74.3 Å². The molecule has 3 aliphatic rings. The highest BCUT2D eigenvalue weighted by atomic mass is 16.5. The van der Waals surface area contributed by atoms with E-state index in [1.165, 1.54) is 95.6 Å². The van der Waals surface area contributed by atoms with Crippen molar-refractivity contribution in [3.8, 4) is 28.3 Å². The van der Waals surface area contributed by atoms with E-state index in [0.717, 1.165) is 22.7 Å². The summed E-state index contributed by atoms with van der Waals surface area (Å²) in [7, 11) is 0. The maximum absolute atomic E-state index is 6.61. The summed E-state index contributed by atoms with van der Waals surface area (Å²) >= 11 is 0. The maximum Gasteiger partial charge on any atom is 0.152 e. The largest absolute Gasteiger partial charge is 0.453 e. The van der Waals surface area contributed by atoms with E-state index in [1.807, 2.05) is 0 Å². The fraction of sp³-hybridized carbons (Fsp3) is 0.250. The van der Waals surface area contributed by atoms with E-state index in [1.54, 1.807) is 0 Å². The van der Waals surface area contributed by atoms with Crippen LogP contribution in [-0.2, 0) is 0 Å². The van der Waals surface area contributed by atoms with Crippen molar-refractivity contribution >= 4 is 27.5 Å². The van der Waals surface area contributed by atoms with Crippen LogP contribution in [-0.4, -0.2) is 16.7 Å². The van der Waals surface area contributed by atoms with E-state index in [0.29, 0.717) is 23.9 Å². The SMILES string of the molecule is c1ccc(C2CCC(N(c3ccc(-c4ccc5c(c4)Oc4cccc6c7ccccc7n-5c46)cc3)C3CCC(c4ccccc4)CC3)CC2)cc1. The van der Waals surface area contributed by atoms with E-state index in [2.05, 4.69) is 155 Å². The predicted molar refractivity (Wildman–Crippen MR) is 212 cm³/mol. The van der Waals surface area contributed by atoms with Gasteiger partial charge in [0.15, 0.2) is 11.5 Å². The smallest absolute Gasteiger partial charge is 0.152 e. The molecular weight excluding hydrogens is 621 g/mol. The van der Waals surface area contributed by atoms with Gasteiger partial charge in [-0.15, -0.1) is 0 Å². The standard InChI is InChI=1S/C48H44N2O/c1-3-10-33(11-4-1)35-18-25-39(26-19-35)49(40-27-20-36(21-28-40)34-12-5-2-6-13-34)41-29-22-37(23-30-41)38-24-31-45-47(32-38)51-46-17-9-15-43-42-14-7-8-16-44(42)50(45)48(43)46/h1-17,22-24,29-32,35-36,39-40H,18-21,25-28H2. The molecule has 2 aliphatic carbocycles. The summed E-state index contributed by atoms with van der Waals surface area (Å²) in [6.07, 6.45) is 10.1. The van der Waals surface area contributed by atoms with Crippen LogP contribution < -0.4 is 9.64 Å². The molecule has 3 heteroatoms. The van der Waals surface area contributed by atoms with Gasteiger partial charge in [-0.2, -0.15) is 0 Å². The molecule has 0 amide bonds. The lowest BCUT2D eigenvalue weighted by atomic mass is 9.78. The number of anilines is 1. The summed E-state index contributed by atoms with van der Waals surface area (Å²) < 4.78 is 8.99. The van der Waals surface area contributed by atoms with Crippen molar-refractivity contribution in [1.29, 1.82) is 0 Å². The number of para-hydroxylation sites is 2.